The van der Waals surface area contributed by atoms with Crippen molar-refractivity contribution in [2.45, 2.75) is 33.2 Å². The number of hydrogen-bond donors (Lipinski definition) is 0. The molecule has 0 aromatic heterocycles. The Morgan fingerprint density at radius 2 is 1.62 bits per heavy atom. The second-order valence-electron chi connectivity index (χ2n) is 8.09. The lowest BCUT2D eigenvalue weighted by atomic mass is 9.91. The van der Waals surface area contributed by atoms with Crippen LogP contribution in [0.25, 0.3) is 0 Å². The van der Waals surface area contributed by atoms with Crippen molar-refractivity contribution in [3.63, 3.8) is 0 Å². The Hall–Kier alpha value is -1.75. The normalized spacial score (nSPS) is 25.8. The fraction of sp³-hybridized carbons (Fsp3) is 0.667. The molecule has 2 fully saturated rings. The van der Waals surface area contributed by atoms with E-state index in [1.165, 1.54) is 12.1 Å². The van der Waals surface area contributed by atoms with Crippen LogP contribution in [0.4, 0.5) is 5.69 Å². The van der Waals surface area contributed by atoms with Gasteiger partial charge < -0.3 is 14.5 Å². The van der Waals surface area contributed by atoms with Gasteiger partial charge in [-0.05, 0) is 49.4 Å². The Morgan fingerprint density at radius 1 is 1.04 bits per heavy atom. The van der Waals surface area contributed by atoms with Crippen LogP contribution in [-0.4, -0.2) is 68.1 Å². The van der Waals surface area contributed by atoms with Crippen molar-refractivity contribution in [1.82, 2.24) is 9.80 Å². The maximum atomic E-state index is 13.0. The first-order valence-corrected chi connectivity index (χ1v) is 9.89. The second-order valence-corrected chi connectivity index (χ2v) is 8.09. The van der Waals surface area contributed by atoms with Gasteiger partial charge in [0, 0.05) is 45.0 Å². The maximum Gasteiger partial charge on any atom is 0.239 e. The van der Waals surface area contributed by atoms with E-state index < -0.39 is 0 Å². The zero-order valence-corrected chi connectivity index (χ0v) is 16.6. The van der Waals surface area contributed by atoms with Crippen LogP contribution >= 0.6 is 0 Å². The van der Waals surface area contributed by atoms with E-state index in [9.17, 15) is 4.79 Å². The van der Waals surface area contributed by atoms with E-state index in [1.54, 1.807) is 7.11 Å². The van der Waals surface area contributed by atoms with Gasteiger partial charge in [0.1, 0.15) is 5.75 Å². The summed E-state index contributed by atoms with van der Waals surface area (Å²) < 4.78 is 5.24. The molecule has 26 heavy (non-hydrogen) atoms. The van der Waals surface area contributed by atoms with Gasteiger partial charge in [-0.3, -0.25) is 9.69 Å². The Morgan fingerprint density at radius 3 is 2.15 bits per heavy atom. The highest BCUT2D eigenvalue weighted by Crippen LogP contribution is 2.24. The molecule has 0 N–H and O–H groups in total. The highest BCUT2D eigenvalue weighted by atomic mass is 16.5. The summed E-state index contributed by atoms with van der Waals surface area (Å²) in [6.07, 6.45) is 1.23. The summed E-state index contributed by atoms with van der Waals surface area (Å²) in [6, 6.07) is 8.21. The number of likely N-dealkylation sites (tertiary alicyclic amines) is 1. The first-order valence-electron chi connectivity index (χ1n) is 9.89. The van der Waals surface area contributed by atoms with Crippen molar-refractivity contribution in [3.05, 3.63) is 24.3 Å². The molecule has 1 amide bonds. The smallest absolute Gasteiger partial charge is 0.239 e. The van der Waals surface area contributed by atoms with Crippen molar-refractivity contribution in [2.24, 2.45) is 11.8 Å². The van der Waals surface area contributed by atoms with Crippen LogP contribution in [0.1, 0.15) is 27.2 Å². The van der Waals surface area contributed by atoms with Gasteiger partial charge in [-0.15, -0.1) is 0 Å². The molecule has 0 aliphatic carbocycles. The maximum absolute atomic E-state index is 13.0. The molecular formula is C21H33N3O2. The number of nitrogens with zero attached hydrogens (tertiary/aromatic N) is 3. The number of amides is 1. The van der Waals surface area contributed by atoms with Gasteiger partial charge in [0.25, 0.3) is 0 Å². The zero-order valence-electron chi connectivity index (χ0n) is 16.6. The molecule has 5 nitrogen and oxygen atoms in total. The Bertz CT molecular complexity index is 586. The number of benzene rings is 1. The number of carbonyl (C=O) groups excluding carboxylic acids is 1. The molecule has 2 aliphatic rings. The molecule has 1 aromatic carbocycles. The molecule has 2 saturated heterocycles. The third-order valence-electron chi connectivity index (χ3n) is 5.84. The lowest BCUT2D eigenvalue weighted by molar-refractivity contribution is -0.139. The van der Waals surface area contributed by atoms with Crippen LogP contribution in [0, 0.1) is 11.8 Å². The summed E-state index contributed by atoms with van der Waals surface area (Å²) in [7, 11) is 1.69. The number of anilines is 1. The van der Waals surface area contributed by atoms with E-state index in [0.29, 0.717) is 17.7 Å². The van der Waals surface area contributed by atoms with Gasteiger partial charge in [0.15, 0.2) is 0 Å². The van der Waals surface area contributed by atoms with Crippen molar-refractivity contribution >= 4 is 11.6 Å². The fourth-order valence-electron chi connectivity index (χ4n) is 4.42. The van der Waals surface area contributed by atoms with Gasteiger partial charge in [-0.2, -0.15) is 0 Å². The Balaban J connectivity index is 1.54. The summed E-state index contributed by atoms with van der Waals surface area (Å²) in [5.41, 5.74) is 1.23. The largest absolute Gasteiger partial charge is 0.497 e. The lowest BCUT2D eigenvalue weighted by Gasteiger charge is -2.42. The van der Waals surface area contributed by atoms with Crippen molar-refractivity contribution in [2.75, 3.05) is 51.3 Å². The van der Waals surface area contributed by atoms with E-state index in [1.807, 2.05) is 12.1 Å². The molecule has 0 radical (unpaired) electrons. The quantitative estimate of drug-likeness (QED) is 0.828. The standard InChI is InChI=1S/C21H33N3O2/c1-16-13-17(2)15-24(14-16)21(25)18(3)22-9-11-23(12-10-22)19-5-7-20(26-4)8-6-19/h5-8,16-18H,9-15H2,1-4H3/t16-,17+,18-/m0/s1. The highest BCUT2D eigenvalue weighted by Gasteiger charge is 2.32. The number of rotatable bonds is 4. The minimum absolute atomic E-state index is 0.0227. The van der Waals surface area contributed by atoms with E-state index >= 15 is 0 Å². The summed E-state index contributed by atoms with van der Waals surface area (Å²) >= 11 is 0. The SMILES string of the molecule is COc1ccc(N2CCN([C@@H](C)C(=O)N3C[C@H](C)C[C@H](C)C3)CC2)cc1. The van der Waals surface area contributed by atoms with E-state index in [2.05, 4.69) is 47.6 Å². The molecule has 3 atom stereocenters. The van der Waals surface area contributed by atoms with Crippen molar-refractivity contribution in [1.29, 1.82) is 0 Å². The molecule has 5 heteroatoms. The van der Waals surface area contributed by atoms with Gasteiger partial charge in [0.2, 0.25) is 5.91 Å². The van der Waals surface area contributed by atoms with Crippen molar-refractivity contribution in [3.8, 4) is 5.75 Å². The third kappa shape index (κ3) is 4.32. The van der Waals surface area contributed by atoms with E-state index in [0.717, 1.165) is 45.0 Å². The number of ether oxygens (including phenoxy) is 1. The third-order valence-corrected chi connectivity index (χ3v) is 5.84. The zero-order chi connectivity index (χ0) is 18.7. The van der Waals surface area contributed by atoms with Crippen LogP contribution < -0.4 is 9.64 Å². The minimum atomic E-state index is -0.0227. The first kappa shape index (κ1) is 19.0. The average molecular weight is 360 g/mol. The van der Waals surface area contributed by atoms with Gasteiger partial charge >= 0.3 is 0 Å². The monoisotopic (exact) mass is 359 g/mol. The van der Waals surface area contributed by atoms with Crippen LogP contribution in [0.2, 0.25) is 0 Å². The molecular weight excluding hydrogens is 326 g/mol. The molecule has 2 heterocycles. The number of hydrogen-bond acceptors (Lipinski definition) is 4. The summed E-state index contributed by atoms with van der Waals surface area (Å²) in [4.78, 5) is 19.8. The van der Waals surface area contributed by atoms with Gasteiger partial charge in [0.05, 0.1) is 13.2 Å². The number of piperidine rings is 1. The fourth-order valence-corrected chi connectivity index (χ4v) is 4.42. The highest BCUT2D eigenvalue weighted by molar-refractivity contribution is 5.81. The van der Waals surface area contributed by atoms with E-state index in [-0.39, 0.29) is 6.04 Å². The van der Waals surface area contributed by atoms with Gasteiger partial charge in [-0.1, -0.05) is 13.8 Å². The Labute approximate surface area is 157 Å². The first-order chi connectivity index (χ1) is 12.5. The molecule has 0 bridgehead atoms. The summed E-state index contributed by atoms with van der Waals surface area (Å²) in [5, 5.41) is 0. The number of methoxy groups -OCH3 is 1. The van der Waals surface area contributed by atoms with Crippen LogP contribution in [0.3, 0.4) is 0 Å². The summed E-state index contributed by atoms with van der Waals surface area (Å²) in [6.45, 7) is 12.2. The molecule has 0 spiro atoms. The van der Waals surface area contributed by atoms with Crippen LogP contribution in [-0.2, 0) is 4.79 Å². The number of piperazine rings is 1. The average Bonchev–Trinajstić information content (AvgIpc) is 2.66. The van der Waals surface area contributed by atoms with Crippen LogP contribution in [0.15, 0.2) is 24.3 Å². The van der Waals surface area contributed by atoms with Crippen molar-refractivity contribution < 1.29 is 9.53 Å². The molecule has 144 valence electrons. The topological polar surface area (TPSA) is 36.0 Å². The molecule has 2 aliphatic heterocycles. The second kappa shape index (κ2) is 8.30. The Kier molecular flexibility index (Phi) is 6.07. The predicted molar refractivity (Wildman–Crippen MR) is 106 cm³/mol. The predicted octanol–water partition coefficient (Wildman–Crippen LogP) is 2.71. The lowest BCUT2D eigenvalue weighted by Crippen LogP contribution is -2.56. The van der Waals surface area contributed by atoms with E-state index in [4.69, 9.17) is 4.74 Å². The molecule has 0 unspecified atom stereocenters. The molecule has 1 aromatic rings. The number of carbonyl (C=O) groups is 1. The van der Waals surface area contributed by atoms with Gasteiger partial charge in [-0.25, -0.2) is 0 Å². The van der Waals surface area contributed by atoms with Crippen LogP contribution in [0.5, 0.6) is 5.75 Å². The summed E-state index contributed by atoms with van der Waals surface area (Å²) in [5.74, 6) is 2.42. The molecule has 3 rings (SSSR count). The minimum Gasteiger partial charge on any atom is -0.497 e. The molecule has 0 saturated carbocycles.